The Labute approximate surface area is 91.2 Å². The Morgan fingerprint density at radius 3 is 2.62 bits per heavy atom. The van der Waals surface area contributed by atoms with Crippen molar-refractivity contribution in [1.82, 2.24) is 14.6 Å². The van der Waals surface area contributed by atoms with Crippen LogP contribution in [0.1, 0.15) is 0 Å². The summed E-state index contributed by atoms with van der Waals surface area (Å²) in [6, 6.07) is 10.1. The lowest BCUT2D eigenvalue weighted by Gasteiger charge is -1.94. The largest absolute Gasteiger partial charge is 0.245 e. The minimum absolute atomic E-state index is 0.241. The van der Waals surface area contributed by atoms with Gasteiger partial charge in [-0.05, 0) is 36.4 Å². The van der Waals surface area contributed by atoms with Gasteiger partial charge in [0.25, 0.3) is 0 Å². The normalized spacial score (nSPS) is 10.8. The molecular formula is C12H8FN3. The zero-order valence-corrected chi connectivity index (χ0v) is 8.34. The number of aromatic nitrogens is 3. The van der Waals surface area contributed by atoms with E-state index in [1.54, 1.807) is 29.2 Å². The van der Waals surface area contributed by atoms with E-state index in [0.717, 1.165) is 16.8 Å². The second-order valence-electron chi connectivity index (χ2n) is 3.49. The number of rotatable bonds is 1. The Morgan fingerprint density at radius 2 is 1.88 bits per heavy atom. The van der Waals surface area contributed by atoms with Crippen LogP contribution in [0.25, 0.3) is 16.8 Å². The summed E-state index contributed by atoms with van der Waals surface area (Å²) < 4.78 is 14.5. The second-order valence-corrected chi connectivity index (χ2v) is 3.49. The molecule has 0 saturated carbocycles. The lowest BCUT2D eigenvalue weighted by Crippen LogP contribution is -1.87. The smallest absolute Gasteiger partial charge is 0.123 e. The fraction of sp³-hybridized carbons (Fsp3) is 0. The standard InChI is InChI=1S/C12H8FN3/c13-10-3-1-9(2-4-10)12-7-11-5-6-14-8-16(11)15-12/h1-8H. The third-order valence-corrected chi connectivity index (χ3v) is 2.41. The molecule has 0 saturated heterocycles. The van der Waals surface area contributed by atoms with E-state index in [0.29, 0.717) is 0 Å². The van der Waals surface area contributed by atoms with Crippen LogP contribution in [0, 0.1) is 5.82 Å². The maximum atomic E-state index is 12.8. The molecule has 4 heteroatoms. The second kappa shape index (κ2) is 3.41. The van der Waals surface area contributed by atoms with Gasteiger partial charge >= 0.3 is 0 Å². The van der Waals surface area contributed by atoms with Gasteiger partial charge in [0, 0.05) is 11.8 Å². The molecule has 1 aromatic carbocycles. The Hall–Kier alpha value is -2.23. The topological polar surface area (TPSA) is 30.2 Å². The Balaban J connectivity index is 2.15. The monoisotopic (exact) mass is 213 g/mol. The van der Waals surface area contributed by atoms with Gasteiger partial charge in [0.15, 0.2) is 0 Å². The number of nitrogens with zero attached hydrogens (tertiary/aromatic N) is 3. The van der Waals surface area contributed by atoms with Crippen molar-refractivity contribution in [2.24, 2.45) is 0 Å². The molecule has 0 amide bonds. The van der Waals surface area contributed by atoms with Crippen LogP contribution in [-0.4, -0.2) is 14.6 Å². The third kappa shape index (κ3) is 1.44. The highest BCUT2D eigenvalue weighted by Gasteiger charge is 2.03. The molecule has 3 nitrogen and oxygen atoms in total. The van der Waals surface area contributed by atoms with E-state index in [4.69, 9.17) is 0 Å². The van der Waals surface area contributed by atoms with Crippen LogP contribution in [0.2, 0.25) is 0 Å². The zero-order chi connectivity index (χ0) is 11.0. The van der Waals surface area contributed by atoms with E-state index in [1.807, 2.05) is 12.1 Å². The highest BCUT2D eigenvalue weighted by atomic mass is 19.1. The van der Waals surface area contributed by atoms with Crippen molar-refractivity contribution in [3.63, 3.8) is 0 Å². The Bertz CT molecular complexity index is 595. The first-order valence-electron chi connectivity index (χ1n) is 4.88. The molecule has 0 aliphatic carbocycles. The van der Waals surface area contributed by atoms with Gasteiger partial charge in [-0.15, -0.1) is 0 Å². The van der Waals surface area contributed by atoms with Crippen LogP contribution < -0.4 is 0 Å². The van der Waals surface area contributed by atoms with Crippen molar-refractivity contribution < 1.29 is 4.39 Å². The number of halogens is 1. The molecule has 0 spiro atoms. The van der Waals surface area contributed by atoms with Crippen molar-refractivity contribution in [3.8, 4) is 11.3 Å². The first kappa shape index (κ1) is 9.03. The summed E-state index contributed by atoms with van der Waals surface area (Å²) in [5.74, 6) is -0.241. The minimum Gasteiger partial charge on any atom is -0.245 e. The molecule has 0 atom stereocenters. The molecule has 2 heterocycles. The SMILES string of the molecule is Fc1ccc(-c2cc3ccncn3n2)cc1. The molecule has 2 aromatic heterocycles. The predicted molar refractivity (Wildman–Crippen MR) is 58.4 cm³/mol. The molecule has 0 radical (unpaired) electrons. The Kier molecular flexibility index (Phi) is 1.93. The van der Waals surface area contributed by atoms with E-state index >= 15 is 0 Å². The molecule has 16 heavy (non-hydrogen) atoms. The van der Waals surface area contributed by atoms with Gasteiger partial charge in [-0.2, -0.15) is 5.10 Å². The average Bonchev–Trinajstić information content (AvgIpc) is 2.73. The molecule has 0 N–H and O–H groups in total. The maximum Gasteiger partial charge on any atom is 0.123 e. The molecular weight excluding hydrogens is 205 g/mol. The lowest BCUT2D eigenvalue weighted by atomic mass is 10.1. The van der Waals surface area contributed by atoms with Gasteiger partial charge in [0.2, 0.25) is 0 Å². The van der Waals surface area contributed by atoms with Crippen molar-refractivity contribution in [1.29, 1.82) is 0 Å². The van der Waals surface area contributed by atoms with Gasteiger partial charge in [0.1, 0.15) is 12.1 Å². The van der Waals surface area contributed by atoms with Crippen LogP contribution in [-0.2, 0) is 0 Å². The highest BCUT2D eigenvalue weighted by Crippen LogP contribution is 2.19. The van der Waals surface area contributed by atoms with Gasteiger partial charge in [-0.3, -0.25) is 0 Å². The van der Waals surface area contributed by atoms with Crippen LogP contribution in [0.4, 0.5) is 4.39 Å². The van der Waals surface area contributed by atoms with E-state index in [9.17, 15) is 4.39 Å². The van der Waals surface area contributed by atoms with Gasteiger partial charge in [-0.1, -0.05) is 0 Å². The molecule has 3 rings (SSSR count). The number of fused-ring (bicyclic) bond motifs is 1. The molecule has 0 aliphatic heterocycles. The van der Waals surface area contributed by atoms with Crippen molar-refractivity contribution >= 4 is 5.52 Å². The molecule has 3 aromatic rings. The van der Waals surface area contributed by atoms with Crippen LogP contribution in [0.15, 0.2) is 48.9 Å². The number of hydrogen-bond donors (Lipinski definition) is 0. The molecule has 0 bridgehead atoms. The number of hydrogen-bond acceptors (Lipinski definition) is 2. The fourth-order valence-corrected chi connectivity index (χ4v) is 1.61. The summed E-state index contributed by atoms with van der Waals surface area (Å²) >= 11 is 0. The minimum atomic E-state index is -0.241. The van der Waals surface area contributed by atoms with E-state index < -0.39 is 0 Å². The van der Waals surface area contributed by atoms with E-state index in [-0.39, 0.29) is 5.82 Å². The predicted octanol–water partition coefficient (Wildman–Crippen LogP) is 2.54. The summed E-state index contributed by atoms with van der Waals surface area (Å²) in [6.07, 6.45) is 3.35. The van der Waals surface area contributed by atoms with Crippen molar-refractivity contribution in [3.05, 3.63) is 54.7 Å². The molecule has 0 fully saturated rings. The quantitative estimate of drug-likeness (QED) is 0.621. The highest BCUT2D eigenvalue weighted by molar-refractivity contribution is 5.65. The fourth-order valence-electron chi connectivity index (χ4n) is 1.61. The molecule has 78 valence electrons. The first-order chi connectivity index (χ1) is 7.83. The molecule has 0 aliphatic rings. The van der Waals surface area contributed by atoms with Gasteiger partial charge in [-0.25, -0.2) is 13.9 Å². The zero-order valence-electron chi connectivity index (χ0n) is 8.34. The van der Waals surface area contributed by atoms with Crippen LogP contribution >= 0.6 is 0 Å². The summed E-state index contributed by atoms with van der Waals surface area (Å²) in [5, 5.41) is 4.34. The van der Waals surface area contributed by atoms with Gasteiger partial charge in [0.05, 0.1) is 11.2 Å². The lowest BCUT2D eigenvalue weighted by molar-refractivity contribution is 0.628. The maximum absolute atomic E-state index is 12.8. The first-order valence-corrected chi connectivity index (χ1v) is 4.88. The summed E-state index contributed by atoms with van der Waals surface area (Å²) in [7, 11) is 0. The summed E-state index contributed by atoms with van der Waals surface area (Å²) in [4.78, 5) is 3.97. The van der Waals surface area contributed by atoms with E-state index in [1.165, 1.54) is 12.1 Å². The summed E-state index contributed by atoms with van der Waals surface area (Å²) in [5.41, 5.74) is 2.67. The van der Waals surface area contributed by atoms with Crippen molar-refractivity contribution in [2.75, 3.05) is 0 Å². The summed E-state index contributed by atoms with van der Waals surface area (Å²) in [6.45, 7) is 0. The van der Waals surface area contributed by atoms with Crippen LogP contribution in [0.3, 0.4) is 0 Å². The average molecular weight is 213 g/mol. The number of benzene rings is 1. The third-order valence-electron chi connectivity index (χ3n) is 2.41. The van der Waals surface area contributed by atoms with Crippen molar-refractivity contribution in [2.45, 2.75) is 0 Å². The van der Waals surface area contributed by atoms with Crippen LogP contribution in [0.5, 0.6) is 0 Å². The van der Waals surface area contributed by atoms with Gasteiger partial charge < -0.3 is 0 Å². The van der Waals surface area contributed by atoms with E-state index in [2.05, 4.69) is 10.1 Å². The Morgan fingerprint density at radius 1 is 1.06 bits per heavy atom. The molecule has 0 unspecified atom stereocenters.